The lowest BCUT2D eigenvalue weighted by Crippen LogP contribution is -2.36. The van der Waals surface area contributed by atoms with Crippen LogP contribution in [0.25, 0.3) is 0 Å². The Morgan fingerprint density at radius 3 is 2.67 bits per heavy atom. The first-order valence-electron chi connectivity index (χ1n) is 8.79. The van der Waals surface area contributed by atoms with Crippen LogP contribution in [0.1, 0.15) is 36.5 Å². The van der Waals surface area contributed by atoms with Gasteiger partial charge in [0.25, 0.3) is 0 Å². The summed E-state index contributed by atoms with van der Waals surface area (Å²) in [6.45, 7) is 1.76. The number of hydrogen-bond acceptors (Lipinski definition) is 8. The van der Waals surface area contributed by atoms with Crippen molar-refractivity contribution < 1.29 is 39.4 Å². The van der Waals surface area contributed by atoms with Crippen LogP contribution in [-0.4, -0.2) is 64.5 Å². The van der Waals surface area contributed by atoms with Crippen LogP contribution in [0.5, 0.6) is 17.2 Å². The number of esters is 1. The number of cyclic esters (lactones) is 1. The second kappa shape index (κ2) is 9.59. The molecule has 1 aromatic rings. The van der Waals surface area contributed by atoms with Gasteiger partial charge >= 0.3 is 5.97 Å². The number of phenols is 1. The molecule has 8 heteroatoms. The summed E-state index contributed by atoms with van der Waals surface area (Å²) in [6.07, 6.45) is -0.544. The van der Waals surface area contributed by atoms with Gasteiger partial charge in [-0.1, -0.05) is 12.2 Å². The fourth-order valence-electron chi connectivity index (χ4n) is 2.70. The van der Waals surface area contributed by atoms with Gasteiger partial charge in [0.2, 0.25) is 0 Å². The zero-order valence-electron chi connectivity index (χ0n) is 15.4. The quantitative estimate of drug-likeness (QED) is 0.421. The van der Waals surface area contributed by atoms with Crippen LogP contribution in [0.3, 0.4) is 0 Å². The summed E-state index contributed by atoms with van der Waals surface area (Å²) in [5.41, 5.74) is -0.109. The minimum Gasteiger partial charge on any atom is -0.507 e. The van der Waals surface area contributed by atoms with Crippen molar-refractivity contribution in [2.45, 2.75) is 50.6 Å². The largest absolute Gasteiger partial charge is 0.507 e. The number of aromatic hydroxyl groups is 1. The minimum absolute atomic E-state index is 0.101. The maximum atomic E-state index is 12.5. The lowest BCUT2D eigenvalue weighted by atomic mass is 10.0. The van der Waals surface area contributed by atoms with Crippen molar-refractivity contribution in [3.63, 3.8) is 0 Å². The van der Waals surface area contributed by atoms with Gasteiger partial charge in [0.1, 0.15) is 41.1 Å². The van der Waals surface area contributed by atoms with Crippen molar-refractivity contribution in [1.82, 2.24) is 0 Å². The van der Waals surface area contributed by atoms with Gasteiger partial charge in [-0.25, -0.2) is 4.79 Å². The molecule has 4 atom stereocenters. The first-order chi connectivity index (χ1) is 12.8. The molecule has 0 saturated heterocycles. The van der Waals surface area contributed by atoms with Crippen LogP contribution in [0.15, 0.2) is 24.3 Å². The van der Waals surface area contributed by atoms with E-state index >= 15 is 0 Å². The van der Waals surface area contributed by atoms with E-state index in [1.165, 1.54) is 25.3 Å². The van der Waals surface area contributed by atoms with Crippen LogP contribution >= 0.6 is 0 Å². The standard InChI is InChI=1S/C19H26O8/c1-11-5-3-6-13(20)18(23)14(21)7-4-8-26-16-10-12(25-2)9-15(22)17(16)19(24)27-11/h3,6,9-11,13-14,18,20-23H,4-5,7-8H2,1-2H3/b6-3-/t11-,13?,14+,18-/m1/s1. The molecule has 8 nitrogen and oxygen atoms in total. The lowest BCUT2D eigenvalue weighted by molar-refractivity contribution is -0.0456. The van der Waals surface area contributed by atoms with Gasteiger partial charge < -0.3 is 34.6 Å². The SMILES string of the molecule is COc1cc(O)c2c(c1)OCCC[C@H](O)[C@H](O)C(O)/C=C\C[C@@H](C)OC2=O. The van der Waals surface area contributed by atoms with E-state index in [1.807, 2.05) is 0 Å². The summed E-state index contributed by atoms with van der Waals surface area (Å²) in [5.74, 6) is -0.662. The molecule has 2 rings (SSSR count). The number of ether oxygens (including phenoxy) is 3. The number of aliphatic hydroxyl groups is 3. The zero-order chi connectivity index (χ0) is 20.0. The Kier molecular flexibility index (Phi) is 7.46. The lowest BCUT2D eigenvalue weighted by Gasteiger charge is -2.21. The van der Waals surface area contributed by atoms with E-state index in [-0.39, 0.29) is 36.5 Å². The average Bonchev–Trinajstić information content (AvgIpc) is 2.62. The average molecular weight is 382 g/mol. The Balaban J connectivity index is 2.30. The number of fused-ring (bicyclic) bond motifs is 1. The topological polar surface area (TPSA) is 126 Å². The molecule has 0 saturated carbocycles. The van der Waals surface area contributed by atoms with Gasteiger partial charge in [0.05, 0.1) is 19.8 Å². The number of aliphatic hydroxyl groups excluding tert-OH is 3. The number of methoxy groups -OCH3 is 1. The van der Waals surface area contributed by atoms with Gasteiger partial charge in [-0.2, -0.15) is 0 Å². The van der Waals surface area contributed by atoms with Crippen LogP contribution in [0, 0.1) is 0 Å². The van der Waals surface area contributed by atoms with Crippen molar-refractivity contribution in [2.24, 2.45) is 0 Å². The van der Waals surface area contributed by atoms with Crippen LogP contribution in [0.2, 0.25) is 0 Å². The summed E-state index contributed by atoms with van der Waals surface area (Å²) in [6, 6.07) is 2.76. The van der Waals surface area contributed by atoms with E-state index in [9.17, 15) is 25.2 Å². The smallest absolute Gasteiger partial charge is 0.346 e. The van der Waals surface area contributed by atoms with E-state index in [0.717, 1.165) is 0 Å². The highest BCUT2D eigenvalue weighted by molar-refractivity contribution is 5.96. The molecule has 0 spiro atoms. The monoisotopic (exact) mass is 382 g/mol. The third-order valence-electron chi connectivity index (χ3n) is 4.25. The summed E-state index contributed by atoms with van der Waals surface area (Å²) in [7, 11) is 1.42. The van der Waals surface area contributed by atoms with E-state index in [0.29, 0.717) is 12.2 Å². The number of carbonyl (C=O) groups excluding carboxylic acids is 1. The summed E-state index contributed by atoms with van der Waals surface area (Å²) in [5, 5.41) is 40.1. The highest BCUT2D eigenvalue weighted by Crippen LogP contribution is 2.34. The Hall–Kier alpha value is -2.29. The van der Waals surface area contributed by atoms with Crippen LogP contribution in [-0.2, 0) is 4.74 Å². The van der Waals surface area contributed by atoms with Crippen molar-refractivity contribution in [3.05, 3.63) is 29.8 Å². The fourth-order valence-corrected chi connectivity index (χ4v) is 2.70. The zero-order valence-corrected chi connectivity index (χ0v) is 15.4. The molecular formula is C19H26O8. The van der Waals surface area contributed by atoms with Gasteiger partial charge in [0, 0.05) is 18.6 Å². The molecule has 1 aliphatic rings. The van der Waals surface area contributed by atoms with Gasteiger partial charge in [-0.15, -0.1) is 0 Å². The van der Waals surface area contributed by atoms with Crippen LogP contribution < -0.4 is 9.47 Å². The number of hydrogen-bond donors (Lipinski definition) is 4. The molecule has 1 unspecified atom stereocenters. The van der Waals surface area contributed by atoms with Crippen molar-refractivity contribution in [3.8, 4) is 17.2 Å². The fraction of sp³-hybridized carbons (Fsp3) is 0.526. The summed E-state index contributed by atoms with van der Waals surface area (Å²) >= 11 is 0. The Labute approximate surface area is 157 Å². The Morgan fingerprint density at radius 1 is 1.22 bits per heavy atom. The van der Waals surface area contributed by atoms with E-state index < -0.39 is 30.4 Å². The Morgan fingerprint density at radius 2 is 1.96 bits per heavy atom. The first kappa shape index (κ1) is 21.0. The number of benzene rings is 1. The van der Waals surface area contributed by atoms with Crippen molar-refractivity contribution in [2.75, 3.05) is 13.7 Å². The normalized spacial score (nSPS) is 28.7. The van der Waals surface area contributed by atoms with E-state index in [1.54, 1.807) is 13.0 Å². The molecule has 27 heavy (non-hydrogen) atoms. The molecule has 4 N–H and O–H groups in total. The predicted octanol–water partition coefficient (Wildman–Crippen LogP) is 1.15. The number of carbonyl (C=O) groups is 1. The minimum atomic E-state index is -1.33. The van der Waals surface area contributed by atoms with E-state index in [2.05, 4.69) is 0 Å². The molecule has 0 amide bonds. The second-order valence-electron chi connectivity index (χ2n) is 6.44. The Bertz CT molecular complexity index is 672. The van der Waals surface area contributed by atoms with Gasteiger partial charge in [-0.05, 0) is 19.8 Å². The summed E-state index contributed by atoms with van der Waals surface area (Å²) < 4.78 is 16.0. The molecule has 150 valence electrons. The second-order valence-corrected chi connectivity index (χ2v) is 6.44. The maximum absolute atomic E-state index is 12.5. The van der Waals surface area contributed by atoms with Crippen LogP contribution in [0.4, 0.5) is 0 Å². The highest BCUT2D eigenvalue weighted by Gasteiger charge is 2.25. The predicted molar refractivity (Wildman–Crippen MR) is 96.0 cm³/mol. The molecule has 1 aromatic carbocycles. The molecule has 1 heterocycles. The molecule has 0 aliphatic carbocycles. The third kappa shape index (κ3) is 5.59. The third-order valence-corrected chi connectivity index (χ3v) is 4.25. The molecular weight excluding hydrogens is 356 g/mol. The van der Waals surface area contributed by atoms with Gasteiger partial charge in [-0.3, -0.25) is 0 Å². The van der Waals surface area contributed by atoms with Crippen molar-refractivity contribution in [1.29, 1.82) is 0 Å². The maximum Gasteiger partial charge on any atom is 0.346 e. The summed E-state index contributed by atoms with van der Waals surface area (Å²) in [4.78, 5) is 12.5. The molecule has 0 aromatic heterocycles. The molecule has 0 bridgehead atoms. The first-order valence-corrected chi connectivity index (χ1v) is 8.79. The number of rotatable bonds is 1. The molecule has 0 radical (unpaired) electrons. The highest BCUT2D eigenvalue weighted by atomic mass is 16.5. The van der Waals surface area contributed by atoms with Gasteiger partial charge in [0.15, 0.2) is 0 Å². The molecule has 1 aliphatic heterocycles. The number of phenolic OH excluding ortho intramolecular Hbond substituents is 1. The molecule has 0 fully saturated rings. The van der Waals surface area contributed by atoms with Crippen molar-refractivity contribution >= 4 is 5.97 Å². The van der Waals surface area contributed by atoms with E-state index in [4.69, 9.17) is 14.2 Å².